The fourth-order valence-electron chi connectivity index (χ4n) is 4.67. The molecule has 0 aliphatic heterocycles. The van der Waals surface area contributed by atoms with Gasteiger partial charge < -0.3 is 10.7 Å². The van der Waals surface area contributed by atoms with Gasteiger partial charge in [0.2, 0.25) is 10.0 Å². The molecule has 190 valence electrons. The van der Waals surface area contributed by atoms with E-state index < -0.39 is 15.8 Å². The van der Waals surface area contributed by atoms with Crippen molar-refractivity contribution in [2.24, 2.45) is 0 Å². The number of rotatable bonds is 6. The van der Waals surface area contributed by atoms with Crippen molar-refractivity contribution in [2.75, 3.05) is 12.0 Å². The zero-order chi connectivity index (χ0) is 26.4. The molecule has 38 heavy (non-hydrogen) atoms. The fraction of sp³-hybridized carbons (Fsp3) is 0.0714. The fourth-order valence-corrected chi connectivity index (χ4v) is 5.10. The highest BCUT2D eigenvalue weighted by Gasteiger charge is 2.15. The molecular weight excluding hydrogens is 503 g/mol. The Kier molecular flexibility index (Phi) is 5.70. The summed E-state index contributed by atoms with van der Waals surface area (Å²) in [4.78, 5) is 7.64. The second kappa shape index (κ2) is 9.09. The maximum absolute atomic E-state index is 14.5. The molecule has 6 aromatic rings. The molecule has 8 nitrogen and oxygen atoms in total. The van der Waals surface area contributed by atoms with E-state index in [2.05, 4.69) is 24.9 Å². The van der Waals surface area contributed by atoms with Gasteiger partial charge in [0.25, 0.3) is 0 Å². The molecule has 0 radical (unpaired) electrons. The lowest BCUT2D eigenvalue weighted by molar-refractivity contribution is 0.586. The Bertz CT molecular complexity index is 1940. The molecule has 0 atom stereocenters. The van der Waals surface area contributed by atoms with E-state index in [1.165, 1.54) is 12.1 Å². The molecule has 0 saturated carbocycles. The maximum atomic E-state index is 14.5. The third-order valence-electron chi connectivity index (χ3n) is 6.38. The minimum Gasteiger partial charge on any atom is -0.397 e. The monoisotopic (exact) mass is 526 g/mol. The number of anilines is 1. The number of hydrogen-bond donors (Lipinski definition) is 4. The smallest absolute Gasteiger partial charge is 0.209 e. The Balaban J connectivity index is 1.43. The number of nitrogen functional groups attached to an aromatic ring is 1. The largest absolute Gasteiger partial charge is 0.397 e. The van der Waals surface area contributed by atoms with Gasteiger partial charge in [0.1, 0.15) is 11.5 Å². The minimum absolute atomic E-state index is 0.00212. The first-order chi connectivity index (χ1) is 18.2. The molecule has 6 rings (SSSR count). The average molecular weight is 527 g/mol. The molecule has 0 saturated heterocycles. The number of aromatic nitrogens is 4. The number of nitrogens with two attached hydrogens (primary N) is 1. The van der Waals surface area contributed by atoms with Crippen molar-refractivity contribution < 1.29 is 12.8 Å². The highest BCUT2D eigenvalue weighted by Crippen LogP contribution is 2.36. The topological polar surface area (TPSA) is 130 Å². The van der Waals surface area contributed by atoms with Crippen molar-refractivity contribution in [3.63, 3.8) is 0 Å². The average Bonchev–Trinajstić information content (AvgIpc) is 3.50. The SMILES string of the molecule is CS(=O)(=O)NCc1cc(F)cc(-c2cccc3[nH]c(-c4n[nH]c5ccc(-c6cncc(N)c6)cc45)cc23)c1. The predicted molar refractivity (Wildman–Crippen MR) is 148 cm³/mol. The van der Waals surface area contributed by atoms with E-state index in [0.717, 1.165) is 56.1 Å². The van der Waals surface area contributed by atoms with Crippen LogP contribution in [-0.2, 0) is 16.6 Å². The van der Waals surface area contributed by atoms with Gasteiger partial charge in [-0.3, -0.25) is 10.1 Å². The zero-order valence-corrected chi connectivity index (χ0v) is 21.1. The standard InChI is InChI=1S/C28H23FN6O2S/c1-38(36,37)32-13-16-7-18(9-20(29)8-16)22-3-2-4-25-23(22)12-27(33-25)28-24-11-17(5-6-26(24)34-35-28)19-10-21(30)15-31-14-19/h2-12,14-15,32-33H,13,30H2,1H3,(H,34,35). The Morgan fingerprint density at radius 2 is 1.79 bits per heavy atom. The van der Waals surface area contributed by atoms with Gasteiger partial charge in [-0.15, -0.1) is 0 Å². The van der Waals surface area contributed by atoms with Crippen LogP contribution in [0.3, 0.4) is 0 Å². The molecule has 3 aromatic carbocycles. The highest BCUT2D eigenvalue weighted by molar-refractivity contribution is 7.88. The number of pyridine rings is 1. The van der Waals surface area contributed by atoms with Crippen LogP contribution in [0.4, 0.5) is 10.1 Å². The van der Waals surface area contributed by atoms with Crippen LogP contribution in [0.15, 0.2) is 79.1 Å². The van der Waals surface area contributed by atoms with Crippen LogP contribution >= 0.6 is 0 Å². The van der Waals surface area contributed by atoms with Gasteiger partial charge in [0.05, 0.1) is 23.2 Å². The normalized spacial score (nSPS) is 11.9. The van der Waals surface area contributed by atoms with Crippen LogP contribution in [-0.4, -0.2) is 34.8 Å². The van der Waals surface area contributed by atoms with Gasteiger partial charge in [0, 0.05) is 40.8 Å². The Hall–Kier alpha value is -4.54. The number of hydrogen-bond acceptors (Lipinski definition) is 5. The van der Waals surface area contributed by atoms with E-state index in [4.69, 9.17) is 5.73 Å². The summed E-state index contributed by atoms with van der Waals surface area (Å²) in [5.41, 5.74) is 13.7. The lowest BCUT2D eigenvalue weighted by Crippen LogP contribution is -2.21. The number of nitrogens with zero attached hydrogens (tertiary/aromatic N) is 2. The summed E-state index contributed by atoms with van der Waals surface area (Å²) in [7, 11) is -3.41. The third-order valence-corrected chi connectivity index (χ3v) is 7.05. The molecule has 0 aliphatic carbocycles. The van der Waals surface area contributed by atoms with Crippen LogP contribution in [0.25, 0.3) is 55.4 Å². The van der Waals surface area contributed by atoms with E-state index >= 15 is 0 Å². The van der Waals surface area contributed by atoms with Gasteiger partial charge in [-0.1, -0.05) is 18.2 Å². The van der Waals surface area contributed by atoms with Crippen molar-refractivity contribution in [2.45, 2.75) is 6.54 Å². The van der Waals surface area contributed by atoms with E-state index in [1.54, 1.807) is 18.5 Å². The van der Waals surface area contributed by atoms with E-state index in [9.17, 15) is 12.8 Å². The van der Waals surface area contributed by atoms with Crippen LogP contribution in [0, 0.1) is 5.82 Å². The van der Waals surface area contributed by atoms with Crippen molar-refractivity contribution in [3.05, 3.63) is 90.5 Å². The summed E-state index contributed by atoms with van der Waals surface area (Å²) in [6.45, 7) is 0.00212. The summed E-state index contributed by atoms with van der Waals surface area (Å²) in [5.74, 6) is -0.442. The van der Waals surface area contributed by atoms with Gasteiger partial charge >= 0.3 is 0 Å². The van der Waals surface area contributed by atoms with E-state index in [-0.39, 0.29) is 6.54 Å². The number of aromatic amines is 2. The van der Waals surface area contributed by atoms with Crippen molar-refractivity contribution >= 4 is 37.5 Å². The molecule has 0 aliphatic rings. The predicted octanol–water partition coefficient (Wildman–Crippen LogP) is 5.21. The number of fused-ring (bicyclic) bond motifs is 2. The van der Waals surface area contributed by atoms with Crippen LogP contribution in [0.1, 0.15) is 5.56 Å². The summed E-state index contributed by atoms with van der Waals surface area (Å²) in [6, 6.07) is 20.2. The Labute approximate surface area is 217 Å². The lowest BCUT2D eigenvalue weighted by atomic mass is 9.99. The van der Waals surface area contributed by atoms with Gasteiger partial charge in [-0.25, -0.2) is 17.5 Å². The van der Waals surface area contributed by atoms with Crippen LogP contribution in [0.2, 0.25) is 0 Å². The quantitative estimate of drug-likeness (QED) is 0.237. The number of halogens is 1. The van der Waals surface area contributed by atoms with Gasteiger partial charge in [-0.05, 0) is 70.8 Å². The summed E-state index contributed by atoms with van der Waals surface area (Å²) >= 11 is 0. The molecule has 3 aromatic heterocycles. The summed E-state index contributed by atoms with van der Waals surface area (Å²) in [5, 5.41) is 9.48. The van der Waals surface area contributed by atoms with Crippen LogP contribution in [0.5, 0.6) is 0 Å². The number of nitrogens with one attached hydrogen (secondary N) is 3. The van der Waals surface area contributed by atoms with Crippen LogP contribution < -0.4 is 10.5 Å². The molecule has 10 heteroatoms. The maximum Gasteiger partial charge on any atom is 0.209 e. The second-order valence-corrected chi connectivity index (χ2v) is 11.1. The molecule has 0 unspecified atom stereocenters. The molecule has 0 bridgehead atoms. The first-order valence-electron chi connectivity index (χ1n) is 11.8. The number of benzene rings is 3. The zero-order valence-electron chi connectivity index (χ0n) is 20.3. The van der Waals surface area contributed by atoms with Gasteiger partial charge in [0.15, 0.2) is 0 Å². The van der Waals surface area contributed by atoms with Crippen molar-refractivity contribution in [3.8, 4) is 33.6 Å². The highest BCUT2D eigenvalue weighted by atomic mass is 32.2. The first kappa shape index (κ1) is 23.8. The molecule has 0 spiro atoms. The Morgan fingerprint density at radius 1 is 0.921 bits per heavy atom. The minimum atomic E-state index is -3.41. The molecule has 5 N–H and O–H groups in total. The second-order valence-electron chi connectivity index (χ2n) is 9.23. The summed E-state index contributed by atoms with van der Waals surface area (Å²) < 4.78 is 40.0. The molecular formula is C28H23FN6O2S. The van der Waals surface area contributed by atoms with E-state index in [1.807, 2.05) is 48.5 Å². The third kappa shape index (κ3) is 4.62. The van der Waals surface area contributed by atoms with Gasteiger partial charge in [-0.2, -0.15) is 5.10 Å². The lowest BCUT2D eigenvalue weighted by Gasteiger charge is -2.08. The first-order valence-corrected chi connectivity index (χ1v) is 13.7. The number of sulfonamides is 1. The summed E-state index contributed by atoms with van der Waals surface area (Å²) in [6.07, 6.45) is 4.45. The molecule has 0 amide bonds. The number of H-pyrrole nitrogens is 2. The van der Waals surface area contributed by atoms with Crippen molar-refractivity contribution in [1.82, 2.24) is 24.9 Å². The molecule has 3 heterocycles. The molecule has 0 fully saturated rings. The van der Waals surface area contributed by atoms with E-state index in [0.29, 0.717) is 16.8 Å². The van der Waals surface area contributed by atoms with Crippen molar-refractivity contribution in [1.29, 1.82) is 0 Å². The Morgan fingerprint density at radius 3 is 2.61 bits per heavy atom.